The van der Waals surface area contributed by atoms with Gasteiger partial charge in [-0.1, -0.05) is 72.3 Å². The molecule has 2 atom stereocenters. The van der Waals surface area contributed by atoms with Crippen LogP contribution in [0.4, 0.5) is 14.5 Å². The summed E-state index contributed by atoms with van der Waals surface area (Å²) in [6, 6.07) is 22.4. The lowest BCUT2D eigenvalue weighted by molar-refractivity contribution is -0.139. The second-order valence-electron chi connectivity index (χ2n) is 7.32. The summed E-state index contributed by atoms with van der Waals surface area (Å²) in [5.41, 5.74) is 0.688. The van der Waals surface area contributed by atoms with Gasteiger partial charge < -0.3 is 10.1 Å². The number of allylic oxidation sites excluding steroid dienone is 2. The van der Waals surface area contributed by atoms with Crippen molar-refractivity contribution in [3.8, 4) is 0 Å². The minimum Gasteiger partial charge on any atom is -0.420 e. The average Bonchev–Trinajstić information content (AvgIpc) is 2.81. The maximum Gasteiger partial charge on any atom is 0.341 e. The minimum atomic E-state index is -3.07. The lowest BCUT2D eigenvalue weighted by Crippen LogP contribution is -2.45. The van der Waals surface area contributed by atoms with E-state index in [4.69, 9.17) is 16.3 Å². The van der Waals surface area contributed by atoms with Gasteiger partial charge in [0, 0.05) is 5.57 Å². The van der Waals surface area contributed by atoms with E-state index in [2.05, 4.69) is 5.32 Å². The van der Waals surface area contributed by atoms with E-state index in [1.54, 1.807) is 60.7 Å². The van der Waals surface area contributed by atoms with Gasteiger partial charge in [-0.2, -0.15) is 4.39 Å². The molecule has 3 aromatic carbocycles. The van der Waals surface area contributed by atoms with Gasteiger partial charge in [-0.15, -0.1) is 0 Å². The summed E-state index contributed by atoms with van der Waals surface area (Å²) in [6.07, 6.45) is 2.05. The molecule has 0 saturated heterocycles. The number of halogens is 3. The molecule has 0 aliphatic heterocycles. The predicted molar refractivity (Wildman–Crippen MR) is 123 cm³/mol. The van der Waals surface area contributed by atoms with Crippen molar-refractivity contribution in [3.63, 3.8) is 0 Å². The Hall–Kier alpha value is -3.77. The standard InChI is InChI=1S/C26H18ClF2NO3/c27-20-13-7-8-14-21(20)30-24(31)22-23(28)19(17-9-3-1-4-10-17)15-16-26(22,29)33-25(32)18-11-5-2-6-12-18/h1-16,22H,(H,30,31). The minimum absolute atomic E-state index is 0.0129. The second-order valence-corrected chi connectivity index (χ2v) is 7.72. The Kier molecular flexibility index (Phi) is 6.38. The Morgan fingerprint density at radius 3 is 2.18 bits per heavy atom. The van der Waals surface area contributed by atoms with Gasteiger partial charge in [0.2, 0.25) is 5.91 Å². The van der Waals surface area contributed by atoms with E-state index in [9.17, 15) is 9.59 Å². The number of para-hydroxylation sites is 1. The molecule has 0 saturated carbocycles. The van der Waals surface area contributed by atoms with Crippen LogP contribution in [-0.4, -0.2) is 17.7 Å². The Bertz CT molecular complexity index is 1240. The lowest BCUT2D eigenvalue weighted by Gasteiger charge is -2.32. The van der Waals surface area contributed by atoms with Crippen molar-refractivity contribution in [2.24, 2.45) is 5.92 Å². The van der Waals surface area contributed by atoms with Crippen molar-refractivity contribution in [2.75, 3.05) is 5.32 Å². The summed E-state index contributed by atoms with van der Waals surface area (Å²) in [7, 11) is 0. The molecule has 0 fully saturated rings. The molecule has 33 heavy (non-hydrogen) atoms. The van der Waals surface area contributed by atoms with Crippen molar-refractivity contribution in [2.45, 2.75) is 5.85 Å². The number of hydrogen-bond donors (Lipinski definition) is 1. The summed E-state index contributed by atoms with van der Waals surface area (Å²) in [6.45, 7) is 0. The molecule has 2 unspecified atom stereocenters. The first-order valence-electron chi connectivity index (χ1n) is 10.1. The molecule has 0 heterocycles. The Morgan fingerprint density at radius 1 is 0.909 bits per heavy atom. The zero-order valence-corrected chi connectivity index (χ0v) is 17.9. The van der Waals surface area contributed by atoms with E-state index in [1.165, 1.54) is 30.3 Å². The van der Waals surface area contributed by atoms with Crippen LogP contribution in [0.25, 0.3) is 5.57 Å². The van der Waals surface area contributed by atoms with Crippen molar-refractivity contribution in [3.05, 3.63) is 119 Å². The number of esters is 1. The van der Waals surface area contributed by atoms with Gasteiger partial charge in [0.05, 0.1) is 16.3 Å². The quantitative estimate of drug-likeness (QED) is 0.445. The van der Waals surface area contributed by atoms with Crippen LogP contribution < -0.4 is 5.32 Å². The summed E-state index contributed by atoms with van der Waals surface area (Å²) < 4.78 is 36.8. The lowest BCUT2D eigenvalue weighted by atomic mass is 9.86. The first-order chi connectivity index (χ1) is 15.9. The Balaban J connectivity index is 1.73. The number of nitrogens with one attached hydrogen (secondary N) is 1. The molecule has 1 aliphatic rings. The van der Waals surface area contributed by atoms with Crippen LogP contribution in [0.2, 0.25) is 5.02 Å². The van der Waals surface area contributed by atoms with Gasteiger partial charge in [0.1, 0.15) is 5.83 Å². The van der Waals surface area contributed by atoms with Crippen LogP contribution in [0.5, 0.6) is 0 Å². The highest BCUT2D eigenvalue weighted by Gasteiger charge is 2.51. The van der Waals surface area contributed by atoms with Gasteiger partial charge >= 0.3 is 5.97 Å². The molecule has 0 radical (unpaired) electrons. The van der Waals surface area contributed by atoms with Crippen LogP contribution in [0.3, 0.4) is 0 Å². The van der Waals surface area contributed by atoms with Gasteiger partial charge in [-0.05, 0) is 42.0 Å². The van der Waals surface area contributed by atoms with Crippen molar-refractivity contribution < 1.29 is 23.1 Å². The maximum atomic E-state index is 16.1. The van der Waals surface area contributed by atoms with Crippen molar-refractivity contribution >= 4 is 34.7 Å². The number of rotatable bonds is 5. The van der Waals surface area contributed by atoms with Crippen LogP contribution in [0.1, 0.15) is 15.9 Å². The zero-order valence-electron chi connectivity index (χ0n) is 17.2. The van der Waals surface area contributed by atoms with E-state index >= 15 is 8.78 Å². The largest absolute Gasteiger partial charge is 0.420 e. The van der Waals surface area contributed by atoms with Gasteiger partial charge in [-0.25, -0.2) is 9.18 Å². The molecule has 3 aromatic rings. The molecule has 7 heteroatoms. The summed E-state index contributed by atoms with van der Waals surface area (Å²) >= 11 is 6.09. The molecule has 4 nitrogen and oxygen atoms in total. The molecule has 1 amide bonds. The molecular formula is C26H18ClF2NO3. The highest BCUT2D eigenvalue weighted by molar-refractivity contribution is 6.33. The van der Waals surface area contributed by atoms with Crippen LogP contribution >= 0.6 is 11.6 Å². The number of carbonyl (C=O) groups is 2. The number of carbonyl (C=O) groups excluding carboxylic acids is 2. The molecule has 4 rings (SSSR count). The van der Waals surface area contributed by atoms with E-state index in [-0.39, 0.29) is 21.8 Å². The topological polar surface area (TPSA) is 55.4 Å². The van der Waals surface area contributed by atoms with Crippen LogP contribution in [0.15, 0.2) is 103 Å². The fourth-order valence-electron chi connectivity index (χ4n) is 3.48. The summed E-state index contributed by atoms with van der Waals surface area (Å²) in [5.74, 6) is -8.32. The van der Waals surface area contributed by atoms with Crippen molar-refractivity contribution in [1.82, 2.24) is 0 Å². The number of anilines is 1. The second kappa shape index (κ2) is 9.38. The first kappa shape index (κ1) is 22.4. The van der Waals surface area contributed by atoms with E-state index in [0.29, 0.717) is 5.56 Å². The smallest absolute Gasteiger partial charge is 0.341 e. The molecule has 1 N–H and O–H groups in total. The molecule has 0 aromatic heterocycles. The van der Waals surface area contributed by atoms with Gasteiger partial charge in [-0.3, -0.25) is 4.79 Å². The third-order valence-electron chi connectivity index (χ3n) is 5.12. The summed E-state index contributed by atoms with van der Waals surface area (Å²) in [5, 5.41) is 2.63. The Labute approximate surface area is 194 Å². The molecule has 1 aliphatic carbocycles. The number of alkyl halides is 1. The van der Waals surface area contributed by atoms with Gasteiger partial charge in [0.15, 0.2) is 5.92 Å². The monoisotopic (exact) mass is 465 g/mol. The zero-order chi connectivity index (χ0) is 23.4. The molecular weight excluding hydrogens is 448 g/mol. The van der Waals surface area contributed by atoms with E-state index < -0.39 is 29.5 Å². The van der Waals surface area contributed by atoms with Gasteiger partial charge in [0.25, 0.3) is 5.85 Å². The number of hydrogen-bond acceptors (Lipinski definition) is 3. The number of ether oxygens (including phenoxy) is 1. The fourth-order valence-corrected chi connectivity index (χ4v) is 3.67. The molecule has 166 valence electrons. The highest BCUT2D eigenvalue weighted by Crippen LogP contribution is 2.42. The van der Waals surface area contributed by atoms with E-state index in [0.717, 1.165) is 6.08 Å². The highest BCUT2D eigenvalue weighted by atomic mass is 35.5. The predicted octanol–water partition coefficient (Wildman–Crippen LogP) is 6.37. The molecule has 0 bridgehead atoms. The van der Waals surface area contributed by atoms with Crippen LogP contribution in [0, 0.1) is 5.92 Å². The van der Waals surface area contributed by atoms with E-state index in [1.807, 2.05) is 0 Å². The average molecular weight is 466 g/mol. The normalized spacial score (nSPS) is 19.8. The fraction of sp³-hybridized carbons (Fsp3) is 0.0769. The SMILES string of the molecule is O=C(OC1(F)C=CC(c2ccccc2)=C(F)C1C(=O)Nc1ccccc1Cl)c1ccccc1. The molecule has 0 spiro atoms. The van der Waals surface area contributed by atoms with Crippen molar-refractivity contribution in [1.29, 1.82) is 0 Å². The number of benzene rings is 3. The third kappa shape index (κ3) is 4.71. The van der Waals surface area contributed by atoms with Crippen LogP contribution in [-0.2, 0) is 9.53 Å². The third-order valence-corrected chi connectivity index (χ3v) is 5.45. The first-order valence-corrected chi connectivity index (χ1v) is 10.4. The summed E-state index contributed by atoms with van der Waals surface area (Å²) in [4.78, 5) is 25.7. The maximum absolute atomic E-state index is 16.1. The number of amides is 1. The Morgan fingerprint density at radius 2 is 1.52 bits per heavy atom.